The van der Waals surface area contributed by atoms with Crippen LogP contribution in [0.25, 0.3) is 11.3 Å². The standard InChI is InChI=1S/C25H31N3O3S2/c1-20-9-7-14-27(18-20)33(29,30)23-13-6-10-21(17-23)24-19-32-25(28(24)15-8-16-31-2)26-22-11-4-3-5-12-22/h3-6,10-13,17,19-20H,7-9,14-16,18H2,1-2H3. The third kappa shape index (κ3) is 5.63. The van der Waals surface area contributed by atoms with E-state index in [0.717, 1.165) is 47.6 Å². The third-order valence-electron chi connectivity index (χ3n) is 5.90. The number of methoxy groups -OCH3 is 1. The van der Waals surface area contributed by atoms with Crippen LogP contribution >= 0.6 is 11.3 Å². The highest BCUT2D eigenvalue weighted by atomic mass is 32.2. The van der Waals surface area contributed by atoms with Crippen molar-refractivity contribution in [2.24, 2.45) is 10.9 Å². The van der Waals surface area contributed by atoms with Crippen LogP contribution in [0.1, 0.15) is 26.2 Å². The van der Waals surface area contributed by atoms with Gasteiger partial charge >= 0.3 is 0 Å². The van der Waals surface area contributed by atoms with Gasteiger partial charge in [-0.3, -0.25) is 0 Å². The van der Waals surface area contributed by atoms with Crippen molar-refractivity contribution in [3.8, 4) is 11.3 Å². The molecule has 1 aromatic heterocycles. The average molecular weight is 486 g/mol. The van der Waals surface area contributed by atoms with Crippen molar-refractivity contribution in [3.63, 3.8) is 0 Å². The summed E-state index contributed by atoms with van der Waals surface area (Å²) in [5.74, 6) is 0.388. The molecule has 0 saturated carbocycles. The molecule has 1 aliphatic rings. The Kier molecular flexibility index (Phi) is 7.80. The summed E-state index contributed by atoms with van der Waals surface area (Å²) < 4.78 is 35.7. The highest BCUT2D eigenvalue weighted by molar-refractivity contribution is 7.89. The summed E-state index contributed by atoms with van der Waals surface area (Å²) in [5.41, 5.74) is 2.74. The van der Waals surface area contributed by atoms with E-state index in [1.165, 1.54) is 0 Å². The molecule has 1 atom stereocenters. The van der Waals surface area contributed by atoms with E-state index in [0.29, 0.717) is 30.5 Å². The fourth-order valence-electron chi connectivity index (χ4n) is 4.18. The molecule has 2 heterocycles. The minimum absolute atomic E-state index is 0.352. The SMILES string of the molecule is COCCCn1c(-c2cccc(S(=O)(=O)N3CCCC(C)C3)c2)csc1=Nc1ccccc1. The normalized spacial score (nSPS) is 18.0. The Morgan fingerprint density at radius 1 is 1.15 bits per heavy atom. The minimum atomic E-state index is -3.52. The maximum absolute atomic E-state index is 13.3. The van der Waals surface area contributed by atoms with Gasteiger partial charge in [0.2, 0.25) is 10.0 Å². The van der Waals surface area contributed by atoms with Gasteiger partial charge in [0.25, 0.3) is 0 Å². The zero-order valence-corrected chi connectivity index (χ0v) is 20.8. The average Bonchev–Trinajstić information content (AvgIpc) is 3.22. The summed E-state index contributed by atoms with van der Waals surface area (Å²) in [6.45, 7) is 4.67. The molecule has 0 spiro atoms. The molecule has 0 N–H and O–H groups in total. The van der Waals surface area contributed by atoms with Gasteiger partial charge in [0, 0.05) is 44.3 Å². The Hall–Kier alpha value is -2.26. The minimum Gasteiger partial charge on any atom is -0.385 e. The number of thiazole rings is 1. The van der Waals surface area contributed by atoms with Gasteiger partial charge in [-0.25, -0.2) is 13.4 Å². The van der Waals surface area contributed by atoms with Crippen molar-refractivity contribution < 1.29 is 13.2 Å². The second kappa shape index (κ2) is 10.8. The predicted molar refractivity (Wildman–Crippen MR) is 133 cm³/mol. The van der Waals surface area contributed by atoms with E-state index in [1.807, 2.05) is 42.5 Å². The molecule has 0 radical (unpaired) electrons. The lowest BCUT2D eigenvalue weighted by atomic mass is 10.0. The van der Waals surface area contributed by atoms with Crippen LogP contribution in [0.3, 0.4) is 0 Å². The van der Waals surface area contributed by atoms with Crippen LogP contribution in [0.2, 0.25) is 0 Å². The lowest BCUT2D eigenvalue weighted by Crippen LogP contribution is -2.39. The van der Waals surface area contributed by atoms with Crippen molar-refractivity contribution in [3.05, 3.63) is 64.8 Å². The van der Waals surface area contributed by atoms with Crippen LogP contribution in [-0.4, -0.2) is 44.1 Å². The van der Waals surface area contributed by atoms with Gasteiger partial charge in [0.05, 0.1) is 16.3 Å². The molecule has 0 bridgehead atoms. The van der Waals surface area contributed by atoms with E-state index < -0.39 is 10.0 Å². The molecule has 6 nitrogen and oxygen atoms in total. The second-order valence-electron chi connectivity index (χ2n) is 8.49. The van der Waals surface area contributed by atoms with Gasteiger partial charge < -0.3 is 9.30 Å². The first kappa shape index (κ1) is 23.9. The lowest BCUT2D eigenvalue weighted by Gasteiger charge is -2.30. The summed E-state index contributed by atoms with van der Waals surface area (Å²) in [6.07, 6.45) is 2.83. The summed E-state index contributed by atoms with van der Waals surface area (Å²) in [7, 11) is -1.82. The zero-order chi connectivity index (χ0) is 23.3. The van der Waals surface area contributed by atoms with Crippen molar-refractivity contribution in [2.75, 3.05) is 26.8 Å². The molecule has 1 saturated heterocycles. The van der Waals surface area contributed by atoms with Crippen LogP contribution in [0.5, 0.6) is 0 Å². The molecule has 33 heavy (non-hydrogen) atoms. The first-order chi connectivity index (χ1) is 16.0. The number of ether oxygens (including phenoxy) is 1. The number of para-hydroxylation sites is 1. The van der Waals surface area contributed by atoms with Crippen molar-refractivity contribution in [2.45, 2.75) is 37.6 Å². The van der Waals surface area contributed by atoms with E-state index in [-0.39, 0.29) is 0 Å². The van der Waals surface area contributed by atoms with Gasteiger partial charge in [-0.1, -0.05) is 37.3 Å². The van der Waals surface area contributed by atoms with Gasteiger partial charge in [-0.15, -0.1) is 11.3 Å². The molecule has 1 fully saturated rings. The molecule has 2 aromatic carbocycles. The molecular formula is C25H31N3O3S2. The van der Waals surface area contributed by atoms with Gasteiger partial charge in [-0.05, 0) is 49.4 Å². The highest BCUT2D eigenvalue weighted by Crippen LogP contribution is 2.28. The maximum atomic E-state index is 13.3. The van der Waals surface area contributed by atoms with Crippen LogP contribution in [0, 0.1) is 5.92 Å². The number of nitrogens with zero attached hydrogens (tertiary/aromatic N) is 3. The fraction of sp³-hybridized carbons (Fsp3) is 0.400. The molecule has 4 rings (SSSR count). The fourth-order valence-corrected chi connectivity index (χ4v) is 6.78. The molecule has 0 aliphatic carbocycles. The molecule has 3 aromatic rings. The number of sulfonamides is 1. The van der Waals surface area contributed by atoms with E-state index in [4.69, 9.17) is 9.73 Å². The first-order valence-corrected chi connectivity index (χ1v) is 13.7. The third-order valence-corrected chi connectivity index (χ3v) is 8.62. The van der Waals surface area contributed by atoms with Crippen LogP contribution in [-0.2, 0) is 21.3 Å². The van der Waals surface area contributed by atoms with Gasteiger partial charge in [0.15, 0.2) is 4.80 Å². The summed E-state index contributed by atoms with van der Waals surface area (Å²) in [4.78, 5) is 6.07. The van der Waals surface area contributed by atoms with Crippen LogP contribution in [0.15, 0.2) is 69.9 Å². The summed E-state index contributed by atoms with van der Waals surface area (Å²) in [6, 6.07) is 17.2. The zero-order valence-electron chi connectivity index (χ0n) is 19.2. The number of benzene rings is 2. The van der Waals surface area contributed by atoms with E-state index >= 15 is 0 Å². The molecule has 176 valence electrons. The van der Waals surface area contributed by atoms with Crippen LogP contribution in [0.4, 0.5) is 5.69 Å². The van der Waals surface area contributed by atoms with E-state index in [2.05, 4.69) is 16.9 Å². The Balaban J connectivity index is 1.72. The summed E-state index contributed by atoms with van der Waals surface area (Å²) >= 11 is 1.56. The molecule has 8 heteroatoms. The molecular weight excluding hydrogens is 454 g/mol. The Labute approximate surface area is 200 Å². The van der Waals surface area contributed by atoms with E-state index in [1.54, 1.807) is 34.9 Å². The first-order valence-electron chi connectivity index (χ1n) is 11.4. The second-order valence-corrected chi connectivity index (χ2v) is 11.3. The van der Waals surface area contributed by atoms with Crippen molar-refractivity contribution in [1.29, 1.82) is 0 Å². The Morgan fingerprint density at radius 3 is 2.73 bits per heavy atom. The molecule has 0 amide bonds. The maximum Gasteiger partial charge on any atom is 0.243 e. The Morgan fingerprint density at radius 2 is 1.97 bits per heavy atom. The summed E-state index contributed by atoms with van der Waals surface area (Å²) in [5, 5.41) is 2.06. The Bertz CT molecular complexity index is 1230. The van der Waals surface area contributed by atoms with Crippen LogP contribution < -0.4 is 4.80 Å². The number of aromatic nitrogens is 1. The van der Waals surface area contributed by atoms with Gasteiger partial charge in [0.1, 0.15) is 0 Å². The van der Waals surface area contributed by atoms with Crippen molar-refractivity contribution >= 4 is 27.0 Å². The number of hydrogen-bond donors (Lipinski definition) is 0. The number of hydrogen-bond acceptors (Lipinski definition) is 5. The van der Waals surface area contributed by atoms with Gasteiger partial charge in [-0.2, -0.15) is 4.31 Å². The molecule has 1 aliphatic heterocycles. The topological polar surface area (TPSA) is 63.9 Å². The number of piperidine rings is 1. The smallest absolute Gasteiger partial charge is 0.243 e. The molecule has 1 unspecified atom stereocenters. The largest absolute Gasteiger partial charge is 0.385 e. The monoisotopic (exact) mass is 485 g/mol. The van der Waals surface area contributed by atoms with Crippen molar-refractivity contribution in [1.82, 2.24) is 8.87 Å². The number of rotatable bonds is 8. The predicted octanol–water partition coefficient (Wildman–Crippen LogP) is 4.91. The quantitative estimate of drug-likeness (QED) is 0.426. The van der Waals surface area contributed by atoms with E-state index in [9.17, 15) is 8.42 Å². The lowest BCUT2D eigenvalue weighted by molar-refractivity contribution is 0.190. The highest BCUT2D eigenvalue weighted by Gasteiger charge is 2.29.